The molecule has 1 N–H and O–H groups in total. The molecule has 0 atom stereocenters. The highest BCUT2D eigenvalue weighted by atomic mass is 32.1. The maximum Gasteiger partial charge on any atom is 0.167 e. The Labute approximate surface area is 70.7 Å². The number of rotatable bonds is 1. The van der Waals surface area contributed by atoms with Gasteiger partial charge in [-0.3, -0.25) is 0 Å². The van der Waals surface area contributed by atoms with Crippen LogP contribution in [-0.2, 0) is 0 Å². The van der Waals surface area contributed by atoms with Gasteiger partial charge in [0, 0.05) is 11.1 Å². The Balaban J connectivity index is 2.59. The molecule has 1 aromatic heterocycles. The minimum Gasteiger partial charge on any atom is -0.309 e. The first-order valence-corrected chi connectivity index (χ1v) is 4.20. The summed E-state index contributed by atoms with van der Waals surface area (Å²) in [7, 11) is 1.88. The van der Waals surface area contributed by atoms with E-state index in [4.69, 9.17) is 0 Å². The average molecular weight is 166 g/mol. The second kappa shape index (κ2) is 4.12. The number of aromatic nitrogens is 1. The minimum absolute atomic E-state index is 0.721. The molecule has 1 rings (SSSR count). The van der Waals surface area contributed by atoms with E-state index >= 15 is 0 Å². The van der Waals surface area contributed by atoms with Crippen molar-refractivity contribution in [3.8, 4) is 11.8 Å². The van der Waals surface area contributed by atoms with Gasteiger partial charge in [-0.25, -0.2) is 4.98 Å². The van der Waals surface area contributed by atoms with Crippen LogP contribution in [0.5, 0.6) is 0 Å². The number of thiazole rings is 1. The SMILES string of the molecule is CNCC#Cc1ncc(C)s1. The molecule has 0 bridgehead atoms. The van der Waals surface area contributed by atoms with E-state index in [2.05, 4.69) is 22.1 Å². The van der Waals surface area contributed by atoms with Gasteiger partial charge in [0.15, 0.2) is 5.01 Å². The van der Waals surface area contributed by atoms with Crippen LogP contribution < -0.4 is 5.32 Å². The van der Waals surface area contributed by atoms with Crippen molar-refractivity contribution in [2.75, 3.05) is 13.6 Å². The molecule has 0 saturated heterocycles. The molecular weight excluding hydrogens is 156 g/mol. The van der Waals surface area contributed by atoms with Crippen LogP contribution in [0.1, 0.15) is 9.88 Å². The number of hydrogen-bond acceptors (Lipinski definition) is 3. The van der Waals surface area contributed by atoms with Crippen LogP contribution in [0, 0.1) is 18.8 Å². The van der Waals surface area contributed by atoms with Crippen molar-refractivity contribution in [3.63, 3.8) is 0 Å². The zero-order valence-corrected chi connectivity index (χ0v) is 7.46. The van der Waals surface area contributed by atoms with Gasteiger partial charge in [-0.15, -0.1) is 11.3 Å². The van der Waals surface area contributed by atoms with Crippen LogP contribution in [-0.4, -0.2) is 18.6 Å². The third-order valence-corrected chi connectivity index (χ3v) is 1.91. The van der Waals surface area contributed by atoms with Gasteiger partial charge in [0.1, 0.15) is 0 Å². The Morgan fingerprint density at radius 3 is 3.09 bits per heavy atom. The van der Waals surface area contributed by atoms with Gasteiger partial charge >= 0.3 is 0 Å². The smallest absolute Gasteiger partial charge is 0.167 e. The largest absolute Gasteiger partial charge is 0.309 e. The quantitative estimate of drug-likeness (QED) is 0.630. The fourth-order valence-corrected chi connectivity index (χ4v) is 1.26. The van der Waals surface area contributed by atoms with Crippen molar-refractivity contribution in [2.24, 2.45) is 0 Å². The summed E-state index contributed by atoms with van der Waals surface area (Å²) in [5, 5.41) is 3.85. The summed E-state index contributed by atoms with van der Waals surface area (Å²) >= 11 is 1.63. The minimum atomic E-state index is 0.721. The maximum atomic E-state index is 4.10. The molecule has 0 radical (unpaired) electrons. The van der Waals surface area contributed by atoms with Crippen molar-refractivity contribution in [1.29, 1.82) is 0 Å². The summed E-state index contributed by atoms with van der Waals surface area (Å²) in [6, 6.07) is 0. The van der Waals surface area contributed by atoms with Crippen LogP contribution >= 0.6 is 11.3 Å². The van der Waals surface area contributed by atoms with Gasteiger partial charge in [0.25, 0.3) is 0 Å². The standard InChI is InChI=1S/C8H10N2S/c1-7-6-10-8(11-7)4-3-5-9-2/h6,9H,5H2,1-2H3. The molecule has 2 nitrogen and oxygen atoms in total. The normalized spacial score (nSPS) is 8.91. The third kappa shape index (κ3) is 2.71. The molecule has 1 aromatic rings. The molecule has 0 saturated carbocycles. The monoisotopic (exact) mass is 166 g/mol. The molecule has 0 aliphatic heterocycles. The Hall–Kier alpha value is -0.850. The predicted octanol–water partition coefficient (Wildman–Crippen LogP) is 1.02. The van der Waals surface area contributed by atoms with Crippen LogP contribution in [0.3, 0.4) is 0 Å². The molecule has 0 spiro atoms. The van der Waals surface area contributed by atoms with Crippen molar-refractivity contribution in [1.82, 2.24) is 10.3 Å². The molecule has 11 heavy (non-hydrogen) atoms. The van der Waals surface area contributed by atoms with Gasteiger partial charge in [-0.1, -0.05) is 5.92 Å². The van der Waals surface area contributed by atoms with Gasteiger partial charge in [-0.2, -0.15) is 0 Å². The summed E-state index contributed by atoms with van der Waals surface area (Å²) < 4.78 is 0. The molecule has 0 unspecified atom stereocenters. The van der Waals surface area contributed by atoms with Gasteiger partial charge < -0.3 is 5.32 Å². The lowest BCUT2D eigenvalue weighted by Crippen LogP contribution is -2.04. The van der Waals surface area contributed by atoms with E-state index in [1.807, 2.05) is 20.2 Å². The highest BCUT2D eigenvalue weighted by Gasteiger charge is 1.90. The fraction of sp³-hybridized carbons (Fsp3) is 0.375. The first kappa shape index (κ1) is 8.25. The van der Waals surface area contributed by atoms with E-state index in [0.717, 1.165) is 11.6 Å². The summed E-state index contributed by atoms with van der Waals surface area (Å²) in [5.74, 6) is 5.91. The molecule has 1 heterocycles. The average Bonchev–Trinajstić information content (AvgIpc) is 2.37. The van der Waals surface area contributed by atoms with Crippen molar-refractivity contribution in [2.45, 2.75) is 6.92 Å². The molecule has 3 heteroatoms. The van der Waals surface area contributed by atoms with Gasteiger partial charge in [-0.05, 0) is 19.9 Å². The van der Waals surface area contributed by atoms with Crippen LogP contribution in [0.4, 0.5) is 0 Å². The summed E-state index contributed by atoms with van der Waals surface area (Å²) in [4.78, 5) is 5.31. The van der Waals surface area contributed by atoms with E-state index < -0.39 is 0 Å². The zero-order valence-electron chi connectivity index (χ0n) is 6.64. The van der Waals surface area contributed by atoms with Crippen molar-refractivity contribution >= 4 is 11.3 Å². The third-order valence-electron chi connectivity index (χ3n) is 1.08. The molecule has 0 aromatic carbocycles. The van der Waals surface area contributed by atoms with E-state index in [-0.39, 0.29) is 0 Å². The number of nitrogens with zero attached hydrogens (tertiary/aromatic N) is 1. The first-order valence-electron chi connectivity index (χ1n) is 3.39. The summed E-state index contributed by atoms with van der Waals surface area (Å²) in [6.07, 6.45) is 1.84. The van der Waals surface area contributed by atoms with Gasteiger partial charge in [0.05, 0.1) is 6.54 Å². The number of hydrogen-bond donors (Lipinski definition) is 1. The summed E-state index contributed by atoms with van der Waals surface area (Å²) in [5.41, 5.74) is 0. The highest BCUT2D eigenvalue weighted by molar-refractivity contribution is 7.12. The second-order valence-corrected chi connectivity index (χ2v) is 3.34. The van der Waals surface area contributed by atoms with Gasteiger partial charge in [0.2, 0.25) is 0 Å². The lowest BCUT2D eigenvalue weighted by molar-refractivity contribution is 0.938. The molecule has 0 aliphatic carbocycles. The summed E-state index contributed by atoms with van der Waals surface area (Å²) in [6.45, 7) is 2.75. The topological polar surface area (TPSA) is 24.9 Å². The highest BCUT2D eigenvalue weighted by Crippen LogP contribution is 2.08. The van der Waals surface area contributed by atoms with E-state index in [1.165, 1.54) is 4.88 Å². The first-order chi connectivity index (χ1) is 5.33. The van der Waals surface area contributed by atoms with Crippen LogP contribution in [0.15, 0.2) is 6.20 Å². The van der Waals surface area contributed by atoms with Crippen LogP contribution in [0.2, 0.25) is 0 Å². The Kier molecular flexibility index (Phi) is 3.09. The Bertz CT molecular complexity index is 280. The number of nitrogens with one attached hydrogen (secondary N) is 1. The van der Waals surface area contributed by atoms with E-state index in [1.54, 1.807) is 11.3 Å². The van der Waals surface area contributed by atoms with Crippen molar-refractivity contribution in [3.05, 3.63) is 16.1 Å². The predicted molar refractivity (Wildman–Crippen MR) is 47.7 cm³/mol. The van der Waals surface area contributed by atoms with Crippen molar-refractivity contribution < 1.29 is 0 Å². The number of aryl methyl sites for hydroxylation is 1. The zero-order chi connectivity index (χ0) is 8.10. The molecular formula is C8H10N2S. The lowest BCUT2D eigenvalue weighted by Gasteiger charge is -1.80. The second-order valence-electron chi connectivity index (χ2n) is 2.11. The molecule has 0 fully saturated rings. The Morgan fingerprint density at radius 1 is 1.73 bits per heavy atom. The molecule has 0 aliphatic rings. The van der Waals surface area contributed by atoms with E-state index in [9.17, 15) is 0 Å². The lowest BCUT2D eigenvalue weighted by atomic mass is 10.6. The molecule has 0 amide bonds. The molecule has 58 valence electrons. The van der Waals surface area contributed by atoms with Crippen LogP contribution in [0.25, 0.3) is 0 Å². The Morgan fingerprint density at radius 2 is 2.55 bits per heavy atom. The maximum absolute atomic E-state index is 4.10. The fourth-order valence-electron chi connectivity index (χ4n) is 0.621. The van der Waals surface area contributed by atoms with E-state index in [0.29, 0.717) is 0 Å².